The smallest absolute Gasteiger partial charge is 0.331 e. The highest BCUT2D eigenvalue weighted by Crippen LogP contribution is 2.17. The third-order valence-corrected chi connectivity index (χ3v) is 3.98. The quantitative estimate of drug-likeness (QED) is 0.653. The molecule has 0 spiro atoms. The Morgan fingerprint density at radius 1 is 1.25 bits per heavy atom. The number of carbonyl (C=O) groups excluding carboxylic acids is 3. The first kappa shape index (κ1) is 17.7. The van der Waals surface area contributed by atoms with Gasteiger partial charge in [0, 0.05) is 12.6 Å². The van der Waals surface area contributed by atoms with E-state index in [9.17, 15) is 14.4 Å². The number of nitrogens with zero attached hydrogens (tertiary/aromatic N) is 1. The lowest BCUT2D eigenvalue weighted by Crippen LogP contribution is -2.51. The summed E-state index contributed by atoms with van der Waals surface area (Å²) in [6.45, 7) is 2.05. The third kappa shape index (κ3) is 4.94. The van der Waals surface area contributed by atoms with Gasteiger partial charge in [0.1, 0.15) is 6.04 Å². The second-order valence-corrected chi connectivity index (χ2v) is 5.85. The van der Waals surface area contributed by atoms with Crippen LogP contribution in [0.2, 0.25) is 0 Å². The maximum absolute atomic E-state index is 12.1. The molecule has 0 aliphatic carbocycles. The Balaban J connectivity index is 1.85. The van der Waals surface area contributed by atoms with Crippen LogP contribution < -0.4 is 5.73 Å². The molecule has 2 N–H and O–H groups in total. The molecule has 1 fully saturated rings. The van der Waals surface area contributed by atoms with Gasteiger partial charge in [-0.3, -0.25) is 9.59 Å². The van der Waals surface area contributed by atoms with Gasteiger partial charge >= 0.3 is 5.97 Å². The van der Waals surface area contributed by atoms with Gasteiger partial charge in [0.25, 0.3) is 5.91 Å². The fourth-order valence-electron chi connectivity index (χ4n) is 2.63. The number of aryl methyl sites for hydroxylation is 1. The van der Waals surface area contributed by atoms with Crippen molar-refractivity contribution in [1.29, 1.82) is 0 Å². The summed E-state index contributed by atoms with van der Waals surface area (Å²) in [7, 11) is 0. The SMILES string of the molecule is Cc1ccc(/C=C/C(=O)OCC(=O)N2CCCC[C@@H]2C(N)=O)cc1. The number of esters is 1. The average Bonchev–Trinajstić information content (AvgIpc) is 2.59. The fourth-order valence-corrected chi connectivity index (χ4v) is 2.63. The van der Waals surface area contributed by atoms with Gasteiger partial charge in [-0.2, -0.15) is 0 Å². The summed E-state index contributed by atoms with van der Waals surface area (Å²) < 4.78 is 4.96. The van der Waals surface area contributed by atoms with Gasteiger partial charge in [-0.05, 0) is 37.8 Å². The maximum atomic E-state index is 12.1. The van der Waals surface area contributed by atoms with Crippen LogP contribution in [-0.2, 0) is 19.1 Å². The summed E-state index contributed by atoms with van der Waals surface area (Å²) in [6, 6.07) is 7.04. The molecule has 0 radical (unpaired) electrons. The zero-order valence-electron chi connectivity index (χ0n) is 13.7. The Hall–Kier alpha value is -2.63. The monoisotopic (exact) mass is 330 g/mol. The van der Waals surface area contributed by atoms with Crippen molar-refractivity contribution in [2.45, 2.75) is 32.2 Å². The molecular weight excluding hydrogens is 308 g/mol. The number of hydrogen-bond acceptors (Lipinski definition) is 4. The standard InChI is InChI=1S/C18H22N2O4/c1-13-5-7-14(8-6-13)9-10-17(22)24-12-16(21)20-11-3-2-4-15(20)18(19)23/h5-10,15H,2-4,11-12H2,1H3,(H2,19,23)/b10-9+/t15-/m1/s1. The number of amides is 2. The van der Waals surface area contributed by atoms with Crippen LogP contribution in [-0.4, -0.2) is 41.9 Å². The average molecular weight is 330 g/mol. The number of rotatable bonds is 5. The van der Waals surface area contributed by atoms with E-state index >= 15 is 0 Å². The molecule has 6 heteroatoms. The van der Waals surface area contributed by atoms with Gasteiger partial charge in [-0.1, -0.05) is 29.8 Å². The van der Waals surface area contributed by atoms with Crippen LogP contribution in [0, 0.1) is 6.92 Å². The Morgan fingerprint density at radius 3 is 2.62 bits per heavy atom. The van der Waals surface area contributed by atoms with E-state index in [2.05, 4.69) is 0 Å². The van der Waals surface area contributed by atoms with E-state index in [1.807, 2.05) is 31.2 Å². The van der Waals surface area contributed by atoms with Gasteiger partial charge in [-0.15, -0.1) is 0 Å². The minimum Gasteiger partial charge on any atom is -0.452 e. The van der Waals surface area contributed by atoms with E-state index in [4.69, 9.17) is 10.5 Å². The van der Waals surface area contributed by atoms with Gasteiger partial charge in [0.2, 0.25) is 5.91 Å². The lowest BCUT2D eigenvalue weighted by Gasteiger charge is -2.33. The predicted molar refractivity (Wildman–Crippen MR) is 89.7 cm³/mol. The molecule has 2 amide bonds. The second kappa shape index (κ2) is 8.29. The first-order valence-electron chi connectivity index (χ1n) is 7.97. The zero-order chi connectivity index (χ0) is 17.5. The van der Waals surface area contributed by atoms with E-state index in [1.54, 1.807) is 6.08 Å². The molecular formula is C18H22N2O4. The van der Waals surface area contributed by atoms with E-state index < -0.39 is 23.8 Å². The minimum atomic E-state index is -0.604. The first-order chi connectivity index (χ1) is 11.5. The zero-order valence-corrected chi connectivity index (χ0v) is 13.7. The normalized spacial score (nSPS) is 17.7. The molecule has 0 unspecified atom stereocenters. The third-order valence-electron chi connectivity index (χ3n) is 3.98. The number of likely N-dealkylation sites (tertiary alicyclic amines) is 1. The number of ether oxygens (including phenoxy) is 1. The molecule has 0 aromatic heterocycles. The van der Waals surface area contributed by atoms with Crippen LogP contribution in [0.1, 0.15) is 30.4 Å². The molecule has 128 valence electrons. The topological polar surface area (TPSA) is 89.7 Å². The molecule has 1 saturated heterocycles. The van der Waals surface area contributed by atoms with E-state index in [0.29, 0.717) is 13.0 Å². The van der Waals surface area contributed by atoms with Crippen molar-refractivity contribution in [3.8, 4) is 0 Å². The highest BCUT2D eigenvalue weighted by atomic mass is 16.5. The lowest BCUT2D eigenvalue weighted by atomic mass is 10.0. The molecule has 1 aliphatic rings. The van der Waals surface area contributed by atoms with Gasteiger partial charge < -0.3 is 15.4 Å². The second-order valence-electron chi connectivity index (χ2n) is 5.85. The summed E-state index contributed by atoms with van der Waals surface area (Å²) >= 11 is 0. The van der Waals surface area contributed by atoms with Crippen LogP contribution in [0.25, 0.3) is 6.08 Å². The highest BCUT2D eigenvalue weighted by molar-refractivity contribution is 5.91. The van der Waals surface area contributed by atoms with Gasteiger partial charge in [0.15, 0.2) is 6.61 Å². The van der Waals surface area contributed by atoms with Crippen molar-refractivity contribution < 1.29 is 19.1 Å². The van der Waals surface area contributed by atoms with Crippen molar-refractivity contribution in [2.75, 3.05) is 13.2 Å². The van der Waals surface area contributed by atoms with E-state index in [-0.39, 0.29) is 6.61 Å². The molecule has 0 saturated carbocycles. The summed E-state index contributed by atoms with van der Waals surface area (Å²) in [6.07, 6.45) is 5.13. The van der Waals surface area contributed by atoms with Gasteiger partial charge in [0.05, 0.1) is 0 Å². The molecule has 24 heavy (non-hydrogen) atoms. The number of benzene rings is 1. The van der Waals surface area contributed by atoms with Crippen molar-refractivity contribution in [3.63, 3.8) is 0 Å². The fraction of sp³-hybridized carbons (Fsp3) is 0.389. The lowest BCUT2D eigenvalue weighted by molar-refractivity contribution is -0.151. The van der Waals surface area contributed by atoms with Crippen LogP contribution in [0.15, 0.2) is 30.3 Å². The summed E-state index contributed by atoms with van der Waals surface area (Å²) in [4.78, 5) is 36.7. The minimum absolute atomic E-state index is 0.388. The van der Waals surface area contributed by atoms with Crippen LogP contribution in [0.3, 0.4) is 0 Å². The largest absolute Gasteiger partial charge is 0.452 e. The Kier molecular flexibility index (Phi) is 6.12. The predicted octanol–water partition coefficient (Wildman–Crippen LogP) is 1.42. The van der Waals surface area contributed by atoms with Crippen LogP contribution in [0.4, 0.5) is 0 Å². The van der Waals surface area contributed by atoms with E-state index in [1.165, 1.54) is 11.0 Å². The Morgan fingerprint density at radius 2 is 1.96 bits per heavy atom. The molecule has 2 rings (SSSR count). The molecule has 1 aliphatic heterocycles. The Labute approximate surface area is 141 Å². The van der Waals surface area contributed by atoms with Crippen LogP contribution >= 0.6 is 0 Å². The molecule has 0 bridgehead atoms. The van der Waals surface area contributed by atoms with Crippen molar-refractivity contribution in [3.05, 3.63) is 41.5 Å². The maximum Gasteiger partial charge on any atom is 0.331 e. The van der Waals surface area contributed by atoms with E-state index in [0.717, 1.165) is 24.0 Å². The van der Waals surface area contributed by atoms with Crippen molar-refractivity contribution in [2.24, 2.45) is 5.73 Å². The van der Waals surface area contributed by atoms with Crippen molar-refractivity contribution in [1.82, 2.24) is 4.90 Å². The number of hydrogen-bond donors (Lipinski definition) is 1. The first-order valence-corrected chi connectivity index (χ1v) is 7.97. The highest BCUT2D eigenvalue weighted by Gasteiger charge is 2.30. The molecule has 1 heterocycles. The van der Waals surface area contributed by atoms with Crippen LogP contribution in [0.5, 0.6) is 0 Å². The summed E-state index contributed by atoms with van der Waals surface area (Å²) in [5.74, 6) is -1.51. The molecule has 1 aromatic carbocycles. The number of carbonyl (C=O) groups is 3. The molecule has 6 nitrogen and oxygen atoms in total. The number of nitrogens with two attached hydrogens (primary N) is 1. The van der Waals surface area contributed by atoms with Gasteiger partial charge in [-0.25, -0.2) is 4.79 Å². The molecule has 1 atom stereocenters. The number of primary amides is 1. The molecule has 1 aromatic rings. The Bertz CT molecular complexity index is 637. The summed E-state index contributed by atoms with van der Waals surface area (Å²) in [5, 5.41) is 0. The summed E-state index contributed by atoms with van der Waals surface area (Å²) in [5.41, 5.74) is 7.32. The van der Waals surface area contributed by atoms with Crippen molar-refractivity contribution >= 4 is 23.9 Å². The number of piperidine rings is 1.